The van der Waals surface area contributed by atoms with Crippen LogP contribution in [-0.2, 0) is 0 Å². The second kappa shape index (κ2) is 5.98. The largest absolute Gasteiger partial charge is 0.411 e. The lowest BCUT2D eigenvalue weighted by molar-refractivity contribution is 0.319. The van der Waals surface area contributed by atoms with Crippen molar-refractivity contribution in [2.24, 2.45) is 5.16 Å². The van der Waals surface area contributed by atoms with Crippen LogP contribution < -0.4 is 5.32 Å². The van der Waals surface area contributed by atoms with E-state index in [2.05, 4.69) is 20.6 Å². The number of para-hydroxylation sites is 1. The molecule has 2 aromatic heterocycles. The SMILES string of the molecule is CNc1nc(-c2cnn(-c3ccccc3)c2)c(/C(C)=N/O)s1. The molecule has 3 rings (SSSR count). The molecule has 112 valence electrons. The average molecular weight is 313 g/mol. The number of nitrogens with zero attached hydrogens (tertiary/aromatic N) is 4. The molecule has 0 amide bonds. The Bertz CT molecular complexity index is 806. The van der Waals surface area contributed by atoms with E-state index in [9.17, 15) is 0 Å². The zero-order valence-corrected chi connectivity index (χ0v) is 13.0. The topological polar surface area (TPSA) is 75.3 Å². The van der Waals surface area contributed by atoms with Gasteiger partial charge in [-0.1, -0.05) is 34.7 Å². The first-order valence-corrected chi connectivity index (χ1v) is 7.52. The maximum atomic E-state index is 9.05. The molecule has 0 radical (unpaired) electrons. The lowest BCUT2D eigenvalue weighted by Gasteiger charge is -1.99. The number of rotatable bonds is 4. The van der Waals surface area contributed by atoms with Gasteiger partial charge in [-0.3, -0.25) is 0 Å². The summed E-state index contributed by atoms with van der Waals surface area (Å²) in [6.45, 7) is 1.75. The number of hydrogen-bond donors (Lipinski definition) is 2. The van der Waals surface area contributed by atoms with E-state index < -0.39 is 0 Å². The number of thiazole rings is 1. The number of anilines is 1. The summed E-state index contributed by atoms with van der Waals surface area (Å²) in [7, 11) is 1.81. The van der Waals surface area contributed by atoms with Gasteiger partial charge in [0, 0.05) is 18.8 Å². The van der Waals surface area contributed by atoms with Crippen molar-refractivity contribution < 1.29 is 5.21 Å². The molecule has 2 N–H and O–H groups in total. The highest BCUT2D eigenvalue weighted by Crippen LogP contribution is 2.31. The van der Waals surface area contributed by atoms with Crippen LogP contribution in [0.2, 0.25) is 0 Å². The zero-order valence-electron chi connectivity index (χ0n) is 12.2. The van der Waals surface area contributed by atoms with E-state index in [0.717, 1.165) is 27.0 Å². The third kappa shape index (κ3) is 2.58. The van der Waals surface area contributed by atoms with Crippen LogP contribution >= 0.6 is 11.3 Å². The first-order chi connectivity index (χ1) is 10.7. The fourth-order valence-electron chi connectivity index (χ4n) is 2.08. The van der Waals surface area contributed by atoms with Crippen molar-refractivity contribution in [3.05, 3.63) is 47.6 Å². The fraction of sp³-hybridized carbons (Fsp3) is 0.133. The van der Waals surface area contributed by atoms with Gasteiger partial charge in [-0.25, -0.2) is 9.67 Å². The lowest BCUT2D eigenvalue weighted by atomic mass is 10.2. The number of aromatic nitrogens is 3. The van der Waals surface area contributed by atoms with Gasteiger partial charge in [0.25, 0.3) is 0 Å². The molecule has 3 aromatic rings. The molecule has 2 heterocycles. The Kier molecular flexibility index (Phi) is 3.88. The Morgan fingerprint density at radius 2 is 2.09 bits per heavy atom. The summed E-state index contributed by atoms with van der Waals surface area (Å²) in [5, 5.41) is 20.5. The van der Waals surface area contributed by atoms with Crippen LogP contribution in [0, 0.1) is 0 Å². The van der Waals surface area contributed by atoms with Crippen LogP contribution in [0.25, 0.3) is 16.9 Å². The highest BCUT2D eigenvalue weighted by molar-refractivity contribution is 7.18. The van der Waals surface area contributed by atoms with Gasteiger partial charge < -0.3 is 10.5 Å². The van der Waals surface area contributed by atoms with E-state index in [0.29, 0.717) is 5.71 Å². The maximum absolute atomic E-state index is 9.05. The third-order valence-corrected chi connectivity index (χ3v) is 4.38. The summed E-state index contributed by atoms with van der Waals surface area (Å²) in [5.74, 6) is 0. The molecular weight excluding hydrogens is 298 g/mol. The van der Waals surface area contributed by atoms with Crippen LogP contribution in [0.5, 0.6) is 0 Å². The summed E-state index contributed by atoms with van der Waals surface area (Å²) < 4.78 is 1.79. The average Bonchev–Trinajstić information content (AvgIpc) is 3.21. The van der Waals surface area contributed by atoms with Crippen LogP contribution in [0.3, 0.4) is 0 Å². The number of nitrogens with one attached hydrogen (secondary N) is 1. The molecule has 0 aliphatic rings. The standard InChI is InChI=1S/C15H15N5OS/c1-10(19-21)14-13(18-15(16-2)22-14)11-8-17-20(9-11)12-6-4-3-5-7-12/h3-9,21H,1-2H3,(H,16,18)/b19-10+. The minimum atomic E-state index is 0.529. The summed E-state index contributed by atoms with van der Waals surface area (Å²) in [6.07, 6.45) is 3.67. The van der Waals surface area contributed by atoms with Gasteiger partial charge >= 0.3 is 0 Å². The van der Waals surface area contributed by atoms with Gasteiger partial charge in [-0.2, -0.15) is 5.10 Å². The lowest BCUT2D eigenvalue weighted by Crippen LogP contribution is -1.94. The molecule has 0 atom stereocenters. The van der Waals surface area contributed by atoms with Crippen molar-refractivity contribution in [1.82, 2.24) is 14.8 Å². The normalized spacial score (nSPS) is 11.6. The molecule has 7 heteroatoms. The van der Waals surface area contributed by atoms with Gasteiger partial charge in [0.1, 0.15) is 0 Å². The number of hydrogen-bond acceptors (Lipinski definition) is 6. The molecule has 6 nitrogen and oxygen atoms in total. The summed E-state index contributed by atoms with van der Waals surface area (Å²) in [6, 6.07) is 9.86. The molecule has 1 aromatic carbocycles. The summed E-state index contributed by atoms with van der Waals surface area (Å²) >= 11 is 1.44. The second-order valence-electron chi connectivity index (χ2n) is 4.64. The van der Waals surface area contributed by atoms with Crippen LogP contribution in [-0.4, -0.2) is 32.7 Å². The minimum absolute atomic E-state index is 0.529. The number of oxime groups is 1. The van der Waals surface area contributed by atoms with Crippen molar-refractivity contribution in [1.29, 1.82) is 0 Å². The van der Waals surface area contributed by atoms with Gasteiger partial charge in [-0.05, 0) is 19.1 Å². The highest BCUT2D eigenvalue weighted by atomic mass is 32.1. The van der Waals surface area contributed by atoms with Gasteiger partial charge in [0.15, 0.2) is 5.13 Å². The monoisotopic (exact) mass is 313 g/mol. The molecule has 0 unspecified atom stereocenters. The Balaban J connectivity index is 2.05. The predicted molar refractivity (Wildman–Crippen MR) is 88.2 cm³/mol. The Labute approximate surface area is 131 Å². The van der Waals surface area contributed by atoms with Crippen molar-refractivity contribution in [3.8, 4) is 16.9 Å². The first kappa shape index (κ1) is 14.3. The van der Waals surface area contributed by atoms with Gasteiger partial charge in [0.2, 0.25) is 0 Å². The quantitative estimate of drug-likeness (QED) is 0.440. The van der Waals surface area contributed by atoms with Gasteiger partial charge in [-0.15, -0.1) is 0 Å². The van der Waals surface area contributed by atoms with E-state index in [4.69, 9.17) is 5.21 Å². The first-order valence-electron chi connectivity index (χ1n) is 6.71. The van der Waals surface area contributed by atoms with E-state index in [1.54, 1.807) is 17.8 Å². The summed E-state index contributed by atoms with van der Waals surface area (Å²) in [4.78, 5) is 5.36. The Morgan fingerprint density at radius 1 is 1.32 bits per heavy atom. The van der Waals surface area contributed by atoms with Crippen molar-refractivity contribution in [2.75, 3.05) is 12.4 Å². The molecule has 0 aliphatic heterocycles. The van der Waals surface area contributed by atoms with E-state index >= 15 is 0 Å². The maximum Gasteiger partial charge on any atom is 0.183 e. The Hall–Kier alpha value is -2.67. The van der Waals surface area contributed by atoms with Crippen LogP contribution in [0.1, 0.15) is 11.8 Å². The predicted octanol–water partition coefficient (Wildman–Crippen LogP) is 3.24. The number of benzene rings is 1. The smallest absolute Gasteiger partial charge is 0.183 e. The van der Waals surface area contributed by atoms with Crippen LogP contribution in [0.4, 0.5) is 5.13 Å². The highest BCUT2D eigenvalue weighted by Gasteiger charge is 2.17. The molecule has 0 spiro atoms. The molecule has 0 saturated heterocycles. The van der Waals surface area contributed by atoms with Crippen molar-refractivity contribution >= 4 is 22.2 Å². The van der Waals surface area contributed by atoms with Gasteiger partial charge in [0.05, 0.1) is 28.2 Å². The Morgan fingerprint density at radius 3 is 2.77 bits per heavy atom. The fourth-order valence-corrected chi connectivity index (χ4v) is 2.96. The second-order valence-corrected chi connectivity index (χ2v) is 5.64. The molecule has 22 heavy (non-hydrogen) atoms. The summed E-state index contributed by atoms with van der Waals surface area (Å²) in [5.41, 5.74) is 3.14. The van der Waals surface area contributed by atoms with E-state index in [1.165, 1.54) is 11.3 Å². The third-order valence-electron chi connectivity index (χ3n) is 3.20. The van der Waals surface area contributed by atoms with Crippen molar-refractivity contribution in [3.63, 3.8) is 0 Å². The van der Waals surface area contributed by atoms with Crippen LogP contribution in [0.15, 0.2) is 47.9 Å². The molecule has 0 saturated carbocycles. The zero-order chi connectivity index (χ0) is 15.5. The molecule has 0 aliphatic carbocycles. The molecule has 0 fully saturated rings. The minimum Gasteiger partial charge on any atom is -0.411 e. The van der Waals surface area contributed by atoms with E-state index in [-0.39, 0.29) is 0 Å². The molecule has 0 bridgehead atoms. The molecular formula is C15H15N5OS. The van der Waals surface area contributed by atoms with E-state index in [1.807, 2.05) is 43.6 Å². The van der Waals surface area contributed by atoms with Crippen molar-refractivity contribution in [2.45, 2.75) is 6.92 Å².